The van der Waals surface area contributed by atoms with Gasteiger partial charge in [-0.05, 0) is 18.4 Å². The molecule has 11 heavy (non-hydrogen) atoms. The number of hydrogen-bond acceptors (Lipinski definition) is 4. The number of nitrogen functional groups attached to an aromatic ring is 1. The summed E-state index contributed by atoms with van der Waals surface area (Å²) < 4.78 is 1.04. The molecule has 2 rings (SSSR count). The van der Waals surface area contributed by atoms with Crippen molar-refractivity contribution in [3.8, 4) is 0 Å². The minimum Gasteiger partial charge on any atom is -0.396 e. The van der Waals surface area contributed by atoms with Gasteiger partial charge in [-0.3, -0.25) is 0 Å². The monoisotopic (exact) mass is 165 g/mol. The van der Waals surface area contributed by atoms with Gasteiger partial charge in [-0.25, -0.2) is 0 Å². The van der Waals surface area contributed by atoms with Crippen LogP contribution < -0.4 is 5.73 Å². The molecule has 0 aromatic carbocycles. The van der Waals surface area contributed by atoms with Crippen molar-refractivity contribution >= 4 is 27.2 Å². The number of aryl methyl sites for hydroxylation is 1. The van der Waals surface area contributed by atoms with Crippen LogP contribution in [0, 0.1) is 6.92 Å². The third-order valence-electron chi connectivity index (χ3n) is 1.59. The maximum atomic E-state index is 5.77. The second-order valence-corrected chi connectivity index (χ2v) is 3.25. The van der Waals surface area contributed by atoms with Crippen molar-refractivity contribution < 1.29 is 0 Å². The predicted octanol–water partition coefficient (Wildman–Crippen LogP) is 1.58. The molecule has 2 aromatic heterocycles. The van der Waals surface area contributed by atoms with Gasteiger partial charge in [0.05, 0.1) is 16.1 Å². The molecule has 0 aliphatic rings. The summed E-state index contributed by atoms with van der Waals surface area (Å²) in [5.41, 5.74) is 8.22. The Labute approximate surface area is 67.9 Å². The van der Waals surface area contributed by atoms with E-state index in [1.807, 2.05) is 18.4 Å². The molecule has 0 radical (unpaired) electrons. The Morgan fingerprint density at radius 1 is 1.45 bits per heavy atom. The maximum absolute atomic E-state index is 5.77. The Kier molecular flexibility index (Phi) is 1.29. The molecular weight excluding hydrogens is 158 g/mol. The summed E-state index contributed by atoms with van der Waals surface area (Å²) in [6.07, 6.45) is 0. The zero-order chi connectivity index (χ0) is 7.84. The van der Waals surface area contributed by atoms with Gasteiger partial charge in [0, 0.05) is 0 Å². The second-order valence-electron chi connectivity index (χ2n) is 2.33. The molecular formula is C7H7N3S. The van der Waals surface area contributed by atoms with Gasteiger partial charge in [0.2, 0.25) is 0 Å². The van der Waals surface area contributed by atoms with Gasteiger partial charge in [-0.1, -0.05) is 0 Å². The van der Waals surface area contributed by atoms with Crippen LogP contribution in [-0.4, -0.2) is 10.2 Å². The lowest BCUT2D eigenvalue weighted by atomic mass is 10.3. The lowest BCUT2D eigenvalue weighted by Gasteiger charge is -1.96. The van der Waals surface area contributed by atoms with Crippen LogP contribution in [0.5, 0.6) is 0 Å². The van der Waals surface area contributed by atoms with E-state index >= 15 is 0 Å². The Bertz CT molecular complexity index is 393. The van der Waals surface area contributed by atoms with Gasteiger partial charge in [0.15, 0.2) is 0 Å². The fourth-order valence-electron chi connectivity index (χ4n) is 0.930. The van der Waals surface area contributed by atoms with Crippen molar-refractivity contribution in [2.45, 2.75) is 6.92 Å². The fraction of sp³-hybridized carbons (Fsp3) is 0.143. The number of aromatic nitrogens is 2. The smallest absolute Gasteiger partial charge is 0.106 e. The first-order valence-electron chi connectivity index (χ1n) is 3.25. The fourth-order valence-corrected chi connectivity index (χ4v) is 1.77. The molecule has 0 aliphatic heterocycles. The number of nitrogens with zero attached hydrogens (tertiary/aromatic N) is 2. The van der Waals surface area contributed by atoms with E-state index in [9.17, 15) is 0 Å². The van der Waals surface area contributed by atoms with Gasteiger partial charge in [0.25, 0.3) is 0 Å². The van der Waals surface area contributed by atoms with Gasteiger partial charge in [-0.15, -0.1) is 16.4 Å². The number of fused-ring (bicyclic) bond motifs is 1. The van der Waals surface area contributed by atoms with E-state index in [1.54, 1.807) is 11.3 Å². The van der Waals surface area contributed by atoms with E-state index < -0.39 is 0 Å². The first kappa shape index (κ1) is 6.54. The molecule has 0 unspecified atom stereocenters. The van der Waals surface area contributed by atoms with Crippen molar-refractivity contribution in [3.05, 3.63) is 17.1 Å². The molecule has 2 aromatic rings. The van der Waals surface area contributed by atoms with Crippen molar-refractivity contribution in [2.24, 2.45) is 0 Å². The van der Waals surface area contributed by atoms with E-state index in [2.05, 4.69) is 10.2 Å². The molecule has 0 saturated heterocycles. The highest BCUT2D eigenvalue weighted by molar-refractivity contribution is 7.17. The summed E-state index contributed by atoms with van der Waals surface area (Å²) in [7, 11) is 0. The Balaban J connectivity index is 2.93. The molecule has 3 nitrogen and oxygen atoms in total. The summed E-state index contributed by atoms with van der Waals surface area (Å²) in [6.45, 7) is 1.86. The van der Waals surface area contributed by atoms with E-state index in [1.165, 1.54) is 0 Å². The Hall–Kier alpha value is -1.16. The average molecular weight is 165 g/mol. The molecule has 2 N–H and O–H groups in total. The summed E-state index contributed by atoms with van der Waals surface area (Å²) >= 11 is 1.60. The van der Waals surface area contributed by atoms with Crippen LogP contribution in [0.3, 0.4) is 0 Å². The number of nitrogens with two attached hydrogens (primary N) is 1. The van der Waals surface area contributed by atoms with Crippen molar-refractivity contribution in [2.75, 3.05) is 5.73 Å². The normalized spacial score (nSPS) is 10.6. The number of rotatable bonds is 0. The van der Waals surface area contributed by atoms with Gasteiger partial charge in [0.1, 0.15) is 5.52 Å². The number of hydrogen-bond donors (Lipinski definition) is 1. The lowest BCUT2D eigenvalue weighted by molar-refractivity contribution is 1.03. The molecule has 0 bridgehead atoms. The molecule has 0 fully saturated rings. The molecule has 0 saturated carbocycles. The SMILES string of the molecule is Cc1nnc2ccsc2c1N. The zero-order valence-corrected chi connectivity index (χ0v) is 6.85. The van der Waals surface area contributed by atoms with E-state index in [0.717, 1.165) is 21.6 Å². The third kappa shape index (κ3) is 0.867. The van der Waals surface area contributed by atoms with Gasteiger partial charge in [-0.2, -0.15) is 5.10 Å². The first-order valence-corrected chi connectivity index (χ1v) is 4.13. The van der Waals surface area contributed by atoms with E-state index in [4.69, 9.17) is 5.73 Å². The zero-order valence-electron chi connectivity index (χ0n) is 6.03. The second kappa shape index (κ2) is 2.17. The summed E-state index contributed by atoms with van der Waals surface area (Å²) in [5.74, 6) is 0. The molecule has 0 aliphatic carbocycles. The standard InChI is InChI=1S/C7H7N3S/c1-4-6(8)7-5(10-9-4)2-3-11-7/h2-3H,1H3,(H2,8,10). The van der Waals surface area contributed by atoms with Crippen LogP contribution in [-0.2, 0) is 0 Å². The summed E-state index contributed by atoms with van der Waals surface area (Å²) in [6, 6.07) is 1.92. The van der Waals surface area contributed by atoms with Crippen LogP contribution >= 0.6 is 11.3 Å². The van der Waals surface area contributed by atoms with E-state index in [-0.39, 0.29) is 0 Å². The van der Waals surface area contributed by atoms with Crippen molar-refractivity contribution in [3.63, 3.8) is 0 Å². The lowest BCUT2D eigenvalue weighted by Crippen LogP contribution is -1.94. The highest BCUT2D eigenvalue weighted by Crippen LogP contribution is 2.25. The molecule has 4 heteroatoms. The molecule has 0 amide bonds. The van der Waals surface area contributed by atoms with Crippen LogP contribution in [0.25, 0.3) is 10.2 Å². The van der Waals surface area contributed by atoms with Crippen LogP contribution in [0.4, 0.5) is 5.69 Å². The van der Waals surface area contributed by atoms with Crippen molar-refractivity contribution in [1.82, 2.24) is 10.2 Å². The number of thiophene rings is 1. The summed E-state index contributed by atoms with van der Waals surface area (Å²) in [4.78, 5) is 0. The summed E-state index contributed by atoms with van der Waals surface area (Å²) in [5, 5.41) is 9.86. The Morgan fingerprint density at radius 3 is 3.09 bits per heavy atom. The largest absolute Gasteiger partial charge is 0.396 e. The van der Waals surface area contributed by atoms with Crippen LogP contribution in [0.1, 0.15) is 5.69 Å². The van der Waals surface area contributed by atoms with Gasteiger partial charge < -0.3 is 5.73 Å². The maximum Gasteiger partial charge on any atom is 0.106 e. The number of anilines is 1. The van der Waals surface area contributed by atoms with Crippen LogP contribution in [0.15, 0.2) is 11.4 Å². The predicted molar refractivity (Wildman–Crippen MR) is 46.6 cm³/mol. The van der Waals surface area contributed by atoms with Gasteiger partial charge >= 0.3 is 0 Å². The topological polar surface area (TPSA) is 51.8 Å². The minimum atomic E-state index is 0.755. The Morgan fingerprint density at radius 2 is 2.27 bits per heavy atom. The van der Waals surface area contributed by atoms with E-state index in [0.29, 0.717) is 0 Å². The third-order valence-corrected chi connectivity index (χ3v) is 2.52. The average Bonchev–Trinajstić information content (AvgIpc) is 2.45. The minimum absolute atomic E-state index is 0.755. The molecule has 56 valence electrons. The quantitative estimate of drug-likeness (QED) is 0.644. The molecule has 0 spiro atoms. The first-order chi connectivity index (χ1) is 5.29. The molecule has 0 atom stereocenters. The van der Waals surface area contributed by atoms with Crippen LogP contribution in [0.2, 0.25) is 0 Å². The van der Waals surface area contributed by atoms with Crippen molar-refractivity contribution in [1.29, 1.82) is 0 Å². The highest BCUT2D eigenvalue weighted by Gasteiger charge is 2.03. The molecule has 2 heterocycles. The highest BCUT2D eigenvalue weighted by atomic mass is 32.1.